The van der Waals surface area contributed by atoms with Gasteiger partial charge in [0.05, 0.1) is 21.8 Å². The molecule has 0 radical (unpaired) electrons. The highest BCUT2D eigenvalue weighted by atomic mass is 79.9. The lowest BCUT2D eigenvalue weighted by Crippen LogP contribution is -2.38. The second-order valence-electron chi connectivity index (χ2n) is 7.68. The maximum absolute atomic E-state index is 13.4. The van der Waals surface area contributed by atoms with Crippen LogP contribution in [0.25, 0.3) is 0 Å². The van der Waals surface area contributed by atoms with Gasteiger partial charge in [-0.15, -0.1) is 0 Å². The normalized spacial score (nSPS) is 12.0. The molecule has 0 bridgehead atoms. The Morgan fingerprint density at radius 1 is 0.941 bits per heavy atom. The third-order valence-corrected chi connectivity index (χ3v) is 7.49. The molecule has 0 saturated heterocycles. The number of carbonyl (C=O) groups excluding carboxylic acids is 2. The summed E-state index contributed by atoms with van der Waals surface area (Å²) in [5.74, 6) is -0.891. The maximum Gasteiger partial charge on any atom is 0.264 e. The van der Waals surface area contributed by atoms with Crippen LogP contribution in [0, 0.1) is 0 Å². The van der Waals surface area contributed by atoms with Crippen molar-refractivity contribution < 1.29 is 18.0 Å². The predicted molar refractivity (Wildman–Crippen MR) is 137 cm³/mol. The summed E-state index contributed by atoms with van der Waals surface area (Å²) in [4.78, 5) is 25.8. The number of anilines is 2. The lowest BCUT2D eigenvalue weighted by Gasteiger charge is -2.24. The average molecular weight is 544 g/mol. The van der Waals surface area contributed by atoms with Crippen molar-refractivity contribution in [1.82, 2.24) is 5.32 Å². The largest absolute Gasteiger partial charge is 0.350 e. The van der Waals surface area contributed by atoms with E-state index in [1.807, 2.05) is 13.8 Å². The van der Waals surface area contributed by atoms with E-state index in [-0.39, 0.29) is 16.8 Å². The smallest absolute Gasteiger partial charge is 0.264 e. The van der Waals surface area contributed by atoms with E-state index in [4.69, 9.17) is 0 Å². The molecule has 0 saturated carbocycles. The molecule has 3 aromatic rings. The van der Waals surface area contributed by atoms with Crippen molar-refractivity contribution in [3.8, 4) is 0 Å². The summed E-state index contributed by atoms with van der Waals surface area (Å²) in [7, 11) is -4.02. The Hall–Kier alpha value is -3.17. The molecule has 1 atom stereocenters. The first-order valence-corrected chi connectivity index (χ1v) is 13.0. The van der Waals surface area contributed by atoms with Gasteiger partial charge in [0.25, 0.3) is 15.9 Å². The number of benzene rings is 3. The van der Waals surface area contributed by atoms with Crippen LogP contribution in [-0.4, -0.2) is 32.8 Å². The molecule has 2 N–H and O–H groups in total. The zero-order chi connectivity index (χ0) is 24.7. The van der Waals surface area contributed by atoms with Gasteiger partial charge < -0.3 is 10.6 Å². The third kappa shape index (κ3) is 6.24. The molecule has 3 rings (SSSR count). The molecular weight excluding hydrogens is 518 g/mol. The minimum absolute atomic E-state index is 0.0276. The number of halogens is 1. The first-order chi connectivity index (χ1) is 16.2. The molecule has 178 valence electrons. The SMILES string of the molecule is CC[C@H](C)NC(=O)c1ccccc1NC(=O)CN(c1ccc(Br)cc1)S(=O)(=O)c1ccccc1. The van der Waals surface area contributed by atoms with E-state index >= 15 is 0 Å². The van der Waals surface area contributed by atoms with Gasteiger partial charge in [-0.05, 0) is 61.9 Å². The average Bonchev–Trinajstić information content (AvgIpc) is 2.84. The van der Waals surface area contributed by atoms with E-state index < -0.39 is 22.5 Å². The molecule has 0 aromatic heterocycles. The third-order valence-electron chi connectivity index (χ3n) is 5.17. The number of rotatable bonds is 9. The van der Waals surface area contributed by atoms with Crippen LogP contribution in [0.4, 0.5) is 11.4 Å². The monoisotopic (exact) mass is 543 g/mol. The molecule has 3 aromatic carbocycles. The van der Waals surface area contributed by atoms with Gasteiger partial charge in [-0.25, -0.2) is 8.42 Å². The Labute approximate surface area is 208 Å². The summed E-state index contributed by atoms with van der Waals surface area (Å²) in [5.41, 5.74) is 0.948. The highest BCUT2D eigenvalue weighted by Gasteiger charge is 2.27. The standard InChI is InChI=1S/C25H26BrN3O4S/c1-3-18(2)27-25(31)22-11-7-8-12-23(22)28-24(30)17-29(20-15-13-19(26)14-16-20)34(32,33)21-9-5-4-6-10-21/h4-16,18H,3,17H2,1-2H3,(H,27,31)(H,28,30)/t18-/m0/s1. The van der Waals surface area contributed by atoms with Gasteiger partial charge >= 0.3 is 0 Å². The summed E-state index contributed by atoms with van der Waals surface area (Å²) < 4.78 is 28.6. The van der Waals surface area contributed by atoms with Crippen LogP contribution in [0.5, 0.6) is 0 Å². The molecule has 9 heteroatoms. The number of carbonyl (C=O) groups is 2. The van der Waals surface area contributed by atoms with Gasteiger partial charge in [0.1, 0.15) is 6.54 Å². The van der Waals surface area contributed by atoms with Crippen LogP contribution < -0.4 is 14.9 Å². The second kappa shape index (κ2) is 11.3. The van der Waals surface area contributed by atoms with E-state index in [0.717, 1.165) is 15.2 Å². The van der Waals surface area contributed by atoms with Crippen LogP contribution in [0.1, 0.15) is 30.6 Å². The summed E-state index contributed by atoms with van der Waals surface area (Å²) in [6.45, 7) is 3.38. The van der Waals surface area contributed by atoms with E-state index in [0.29, 0.717) is 16.9 Å². The van der Waals surface area contributed by atoms with Crippen LogP contribution in [0.15, 0.2) is 88.2 Å². The van der Waals surface area contributed by atoms with Crippen molar-refractivity contribution in [3.63, 3.8) is 0 Å². The molecule has 0 unspecified atom stereocenters. The molecule has 2 amide bonds. The fraction of sp³-hybridized carbons (Fsp3) is 0.200. The number of amides is 2. The quantitative estimate of drug-likeness (QED) is 0.404. The summed E-state index contributed by atoms with van der Waals surface area (Å²) in [6, 6.07) is 21.2. The molecule has 34 heavy (non-hydrogen) atoms. The number of para-hydroxylation sites is 1. The van der Waals surface area contributed by atoms with Gasteiger partial charge in [-0.2, -0.15) is 0 Å². The molecular formula is C25H26BrN3O4S. The van der Waals surface area contributed by atoms with Gasteiger partial charge in [0.2, 0.25) is 5.91 Å². The Balaban J connectivity index is 1.89. The molecule has 0 fully saturated rings. The number of hydrogen-bond donors (Lipinski definition) is 2. The number of nitrogens with zero attached hydrogens (tertiary/aromatic N) is 1. The zero-order valence-electron chi connectivity index (χ0n) is 18.9. The van der Waals surface area contributed by atoms with Gasteiger partial charge in [-0.1, -0.05) is 53.2 Å². The summed E-state index contributed by atoms with van der Waals surface area (Å²) in [5, 5.41) is 5.58. The van der Waals surface area contributed by atoms with Gasteiger partial charge in [0.15, 0.2) is 0 Å². The summed E-state index contributed by atoms with van der Waals surface area (Å²) >= 11 is 3.34. The Morgan fingerprint density at radius 2 is 1.56 bits per heavy atom. The highest BCUT2D eigenvalue weighted by Crippen LogP contribution is 2.25. The topological polar surface area (TPSA) is 95.6 Å². The molecule has 0 spiro atoms. The van der Waals surface area contributed by atoms with Gasteiger partial charge in [0, 0.05) is 10.5 Å². The molecule has 0 aliphatic carbocycles. The maximum atomic E-state index is 13.4. The summed E-state index contributed by atoms with van der Waals surface area (Å²) in [6.07, 6.45) is 0.764. The second-order valence-corrected chi connectivity index (χ2v) is 10.5. The number of hydrogen-bond acceptors (Lipinski definition) is 4. The van der Waals surface area contributed by atoms with Crippen molar-refractivity contribution in [3.05, 3.63) is 88.9 Å². The lowest BCUT2D eigenvalue weighted by molar-refractivity contribution is -0.114. The molecule has 0 heterocycles. The van der Waals surface area contributed by atoms with E-state index in [1.54, 1.807) is 66.7 Å². The van der Waals surface area contributed by atoms with Crippen LogP contribution >= 0.6 is 15.9 Å². The zero-order valence-corrected chi connectivity index (χ0v) is 21.3. The predicted octanol–water partition coefficient (Wildman–Crippen LogP) is 4.81. The Bertz CT molecular complexity index is 1250. The fourth-order valence-electron chi connectivity index (χ4n) is 3.16. The Kier molecular flexibility index (Phi) is 8.46. The number of nitrogens with one attached hydrogen (secondary N) is 2. The minimum Gasteiger partial charge on any atom is -0.350 e. The van der Waals surface area contributed by atoms with E-state index in [1.165, 1.54) is 12.1 Å². The van der Waals surface area contributed by atoms with Crippen molar-refractivity contribution in [2.75, 3.05) is 16.2 Å². The van der Waals surface area contributed by atoms with Crippen molar-refractivity contribution >= 4 is 49.1 Å². The van der Waals surface area contributed by atoms with Crippen molar-refractivity contribution in [2.24, 2.45) is 0 Å². The molecule has 0 aliphatic rings. The van der Waals surface area contributed by atoms with Crippen molar-refractivity contribution in [2.45, 2.75) is 31.2 Å². The minimum atomic E-state index is -4.02. The molecule has 7 nitrogen and oxygen atoms in total. The van der Waals surface area contributed by atoms with Gasteiger partial charge in [-0.3, -0.25) is 13.9 Å². The Morgan fingerprint density at radius 3 is 2.21 bits per heavy atom. The highest BCUT2D eigenvalue weighted by molar-refractivity contribution is 9.10. The van der Waals surface area contributed by atoms with E-state index in [9.17, 15) is 18.0 Å². The van der Waals surface area contributed by atoms with Crippen molar-refractivity contribution in [1.29, 1.82) is 0 Å². The van der Waals surface area contributed by atoms with Crippen LogP contribution in [0.3, 0.4) is 0 Å². The fourth-order valence-corrected chi connectivity index (χ4v) is 4.86. The van der Waals surface area contributed by atoms with Crippen LogP contribution in [-0.2, 0) is 14.8 Å². The molecule has 0 aliphatic heterocycles. The lowest BCUT2D eigenvalue weighted by atomic mass is 10.1. The number of sulfonamides is 1. The first kappa shape index (κ1) is 25.5. The van der Waals surface area contributed by atoms with Crippen LogP contribution in [0.2, 0.25) is 0 Å². The first-order valence-electron chi connectivity index (χ1n) is 10.8. The van der Waals surface area contributed by atoms with E-state index in [2.05, 4.69) is 26.6 Å².